The number of methoxy groups -OCH3 is 1. The lowest BCUT2D eigenvalue weighted by atomic mass is 10.0. The van der Waals surface area contributed by atoms with Gasteiger partial charge in [-0.3, -0.25) is 4.90 Å². The molecule has 0 unspecified atom stereocenters. The molecule has 0 amide bonds. The zero-order valence-corrected chi connectivity index (χ0v) is 22.2. The van der Waals surface area contributed by atoms with Crippen LogP contribution in [0.5, 0.6) is 0 Å². The summed E-state index contributed by atoms with van der Waals surface area (Å²) < 4.78 is 21.8. The van der Waals surface area contributed by atoms with Gasteiger partial charge in [0.25, 0.3) is 0 Å². The van der Waals surface area contributed by atoms with E-state index < -0.39 is 0 Å². The molecule has 9 heteroatoms. The first-order valence-electron chi connectivity index (χ1n) is 12.8. The molecule has 37 heavy (non-hydrogen) atoms. The fraction of sp³-hybridized carbons (Fsp3) is 0.464. The largest absolute Gasteiger partial charge is 0.392 e. The van der Waals surface area contributed by atoms with E-state index in [4.69, 9.17) is 16.3 Å². The molecule has 1 saturated heterocycles. The Labute approximate surface area is 222 Å². The van der Waals surface area contributed by atoms with Crippen molar-refractivity contribution in [1.29, 1.82) is 0 Å². The molecule has 0 aliphatic carbocycles. The Hall–Kier alpha value is -2.49. The third-order valence-electron chi connectivity index (χ3n) is 7.58. The lowest BCUT2D eigenvalue weighted by Crippen LogP contribution is -2.44. The molecule has 2 aromatic heterocycles. The Kier molecular flexibility index (Phi) is 8.12. The van der Waals surface area contributed by atoms with E-state index in [1.807, 2.05) is 6.07 Å². The molecular weight excluding hydrogens is 493 g/mol. The molecule has 5 rings (SSSR count). The zero-order valence-electron chi connectivity index (χ0n) is 21.5. The van der Waals surface area contributed by atoms with Crippen molar-refractivity contribution >= 4 is 17.4 Å². The average Bonchev–Trinajstić information content (AvgIpc) is 3.29. The van der Waals surface area contributed by atoms with Crippen LogP contribution in [0.3, 0.4) is 0 Å². The van der Waals surface area contributed by atoms with E-state index in [0.29, 0.717) is 30.8 Å². The van der Waals surface area contributed by atoms with E-state index in [0.717, 1.165) is 66.2 Å². The molecule has 0 bridgehead atoms. The number of fused-ring (bicyclic) bond motifs is 1. The average molecular weight is 528 g/mol. The van der Waals surface area contributed by atoms with Crippen molar-refractivity contribution in [1.82, 2.24) is 19.4 Å². The van der Waals surface area contributed by atoms with Gasteiger partial charge in [0, 0.05) is 62.0 Å². The number of aliphatic hydroxyl groups is 1. The number of aliphatic hydroxyl groups excluding tert-OH is 1. The van der Waals surface area contributed by atoms with Crippen LogP contribution in [0.15, 0.2) is 42.7 Å². The fourth-order valence-electron chi connectivity index (χ4n) is 5.44. The van der Waals surface area contributed by atoms with Gasteiger partial charge < -0.3 is 24.6 Å². The highest BCUT2D eigenvalue weighted by Crippen LogP contribution is 2.34. The van der Waals surface area contributed by atoms with Crippen molar-refractivity contribution in [3.63, 3.8) is 0 Å². The molecule has 7 nitrogen and oxygen atoms in total. The van der Waals surface area contributed by atoms with Crippen LogP contribution in [0, 0.1) is 5.82 Å². The summed E-state index contributed by atoms with van der Waals surface area (Å²) >= 11 is 6.62. The molecule has 1 fully saturated rings. The number of pyridine rings is 1. The zero-order chi connectivity index (χ0) is 25.9. The van der Waals surface area contributed by atoms with Crippen LogP contribution >= 0.6 is 11.6 Å². The van der Waals surface area contributed by atoms with Gasteiger partial charge in [0.2, 0.25) is 0 Å². The van der Waals surface area contributed by atoms with Crippen molar-refractivity contribution in [3.8, 4) is 11.1 Å². The molecule has 4 heterocycles. The topological polar surface area (TPSA) is 65.8 Å². The maximum Gasteiger partial charge on any atom is 0.126 e. The van der Waals surface area contributed by atoms with E-state index in [9.17, 15) is 9.50 Å². The van der Waals surface area contributed by atoms with Gasteiger partial charge in [-0.2, -0.15) is 0 Å². The summed E-state index contributed by atoms with van der Waals surface area (Å²) in [5.74, 6) is 0.551. The van der Waals surface area contributed by atoms with E-state index >= 15 is 0 Å². The molecule has 198 valence electrons. The van der Waals surface area contributed by atoms with Crippen molar-refractivity contribution in [2.75, 3.05) is 39.2 Å². The van der Waals surface area contributed by atoms with E-state index in [1.165, 1.54) is 12.1 Å². The van der Waals surface area contributed by atoms with Gasteiger partial charge in [-0.25, -0.2) is 9.37 Å². The Bertz CT molecular complexity index is 1230. The minimum absolute atomic E-state index is 0.113. The number of anilines is 1. The lowest BCUT2D eigenvalue weighted by Gasteiger charge is -2.36. The Balaban J connectivity index is 1.38. The van der Waals surface area contributed by atoms with Crippen LogP contribution in [0.1, 0.15) is 29.7 Å². The van der Waals surface area contributed by atoms with Gasteiger partial charge >= 0.3 is 0 Å². The molecule has 2 N–H and O–H groups in total. The van der Waals surface area contributed by atoms with Gasteiger partial charge in [-0.05, 0) is 68.4 Å². The van der Waals surface area contributed by atoms with Crippen LogP contribution < -0.4 is 5.32 Å². The van der Waals surface area contributed by atoms with Gasteiger partial charge in [-0.15, -0.1) is 0 Å². The number of piperidine rings is 1. The maximum absolute atomic E-state index is 14.0. The maximum atomic E-state index is 14.0. The van der Waals surface area contributed by atoms with Crippen molar-refractivity contribution in [3.05, 3.63) is 70.4 Å². The highest BCUT2D eigenvalue weighted by atomic mass is 35.5. The molecule has 1 aromatic carbocycles. The second-order valence-corrected chi connectivity index (χ2v) is 10.6. The standard InChI is InChI=1S/C28H35ClFN5O2/c1-33-7-5-23(6-8-33)32-28-11-26(27(29)12-31-28)21-10-24-15-35(25(18-37-2)16-34(24)14-21)13-20-9-22(30)4-3-19(20)17-36/h3-4,9-12,14,23,25,36H,5-8,13,15-18H2,1-2H3,(H,31,32)/t25-/m1/s1. The van der Waals surface area contributed by atoms with Crippen LogP contribution in [-0.2, 0) is 31.0 Å². The van der Waals surface area contributed by atoms with E-state index in [-0.39, 0.29) is 18.5 Å². The number of hydrogen-bond acceptors (Lipinski definition) is 6. The van der Waals surface area contributed by atoms with Crippen LogP contribution in [-0.4, -0.2) is 70.4 Å². The third kappa shape index (κ3) is 5.99. The highest BCUT2D eigenvalue weighted by Gasteiger charge is 2.28. The smallest absolute Gasteiger partial charge is 0.126 e. The Morgan fingerprint density at radius 3 is 2.76 bits per heavy atom. The van der Waals surface area contributed by atoms with Crippen molar-refractivity contribution in [2.24, 2.45) is 0 Å². The quantitative estimate of drug-likeness (QED) is 0.453. The van der Waals surface area contributed by atoms with Crippen LogP contribution in [0.2, 0.25) is 5.02 Å². The number of benzene rings is 1. The summed E-state index contributed by atoms with van der Waals surface area (Å²) in [7, 11) is 3.86. The summed E-state index contributed by atoms with van der Waals surface area (Å²) in [6, 6.07) is 9.32. The van der Waals surface area contributed by atoms with Gasteiger partial charge in [0.15, 0.2) is 0 Å². The van der Waals surface area contributed by atoms with Gasteiger partial charge in [-0.1, -0.05) is 17.7 Å². The Morgan fingerprint density at radius 1 is 1.19 bits per heavy atom. The predicted molar refractivity (Wildman–Crippen MR) is 144 cm³/mol. The van der Waals surface area contributed by atoms with Crippen LogP contribution in [0.4, 0.5) is 10.2 Å². The molecule has 0 radical (unpaired) electrons. The molecule has 1 atom stereocenters. The second-order valence-electron chi connectivity index (χ2n) is 10.2. The number of likely N-dealkylation sites (tertiary alicyclic amines) is 1. The third-order valence-corrected chi connectivity index (χ3v) is 7.88. The summed E-state index contributed by atoms with van der Waals surface area (Å²) in [6.07, 6.45) is 6.07. The van der Waals surface area contributed by atoms with Crippen molar-refractivity contribution < 1.29 is 14.2 Å². The lowest BCUT2D eigenvalue weighted by molar-refractivity contribution is 0.0536. The van der Waals surface area contributed by atoms with Gasteiger partial charge in [0.1, 0.15) is 11.6 Å². The number of ether oxygens (including phenoxy) is 1. The minimum Gasteiger partial charge on any atom is -0.392 e. The summed E-state index contributed by atoms with van der Waals surface area (Å²) in [6.45, 7) is 4.56. The first kappa shape index (κ1) is 26.1. The molecule has 3 aromatic rings. The van der Waals surface area contributed by atoms with E-state index in [1.54, 1.807) is 19.4 Å². The normalized spacial score (nSPS) is 19.2. The number of halogens is 2. The molecule has 0 saturated carbocycles. The van der Waals surface area contributed by atoms with Crippen LogP contribution in [0.25, 0.3) is 11.1 Å². The summed E-state index contributed by atoms with van der Waals surface area (Å²) in [5.41, 5.74) is 4.70. The number of nitrogens with one attached hydrogen (secondary N) is 1. The Morgan fingerprint density at radius 2 is 2.00 bits per heavy atom. The first-order valence-corrected chi connectivity index (χ1v) is 13.2. The molecule has 2 aliphatic rings. The number of rotatable bonds is 8. The molecule has 2 aliphatic heterocycles. The van der Waals surface area contributed by atoms with E-state index in [2.05, 4.69) is 44.0 Å². The molecule has 0 spiro atoms. The monoisotopic (exact) mass is 527 g/mol. The SMILES string of the molecule is COC[C@H]1Cn2cc(-c3cc(NC4CCN(C)CC4)ncc3Cl)cc2CN1Cc1cc(F)ccc1CO. The summed E-state index contributed by atoms with van der Waals surface area (Å²) in [4.78, 5) is 9.18. The number of nitrogens with zero attached hydrogens (tertiary/aromatic N) is 4. The summed E-state index contributed by atoms with van der Waals surface area (Å²) in [5, 5.41) is 14.0. The number of hydrogen-bond donors (Lipinski definition) is 2. The number of aromatic nitrogens is 2. The predicted octanol–water partition coefficient (Wildman–Crippen LogP) is 4.37. The minimum atomic E-state index is -0.296. The molecular formula is C28H35ClFN5O2. The van der Waals surface area contributed by atoms with Gasteiger partial charge in [0.05, 0.1) is 24.3 Å². The first-order chi connectivity index (χ1) is 17.9. The second kappa shape index (κ2) is 11.5. The highest BCUT2D eigenvalue weighted by molar-refractivity contribution is 6.33. The fourth-order valence-corrected chi connectivity index (χ4v) is 5.65. The van der Waals surface area contributed by atoms with Crippen molar-refractivity contribution in [2.45, 2.75) is 51.2 Å².